The number of aromatic nitrogens is 1. The molecule has 0 saturated carbocycles. The van der Waals surface area contributed by atoms with Crippen LogP contribution in [0.4, 0.5) is 5.69 Å². The number of carbonyl (C=O) groups excluding carboxylic acids is 1. The van der Waals surface area contributed by atoms with Crippen molar-refractivity contribution in [3.8, 4) is 17.0 Å². The maximum atomic E-state index is 11.3. The SMILES string of the molecule is Cc1onc(-c2ccc3c(c2)NC(=O)CO3)c1CN. The molecule has 6 heteroatoms. The van der Waals surface area contributed by atoms with Crippen molar-refractivity contribution in [1.82, 2.24) is 5.16 Å². The van der Waals surface area contributed by atoms with Crippen LogP contribution in [0.3, 0.4) is 0 Å². The highest BCUT2D eigenvalue weighted by Gasteiger charge is 2.19. The Kier molecular flexibility index (Phi) is 2.72. The highest BCUT2D eigenvalue weighted by molar-refractivity contribution is 5.96. The van der Waals surface area contributed by atoms with Gasteiger partial charge in [-0.2, -0.15) is 0 Å². The molecule has 0 spiro atoms. The van der Waals surface area contributed by atoms with Crippen LogP contribution in [0.1, 0.15) is 11.3 Å². The molecule has 1 aliphatic heterocycles. The molecule has 19 heavy (non-hydrogen) atoms. The molecule has 98 valence electrons. The van der Waals surface area contributed by atoms with Crippen molar-refractivity contribution in [2.45, 2.75) is 13.5 Å². The molecule has 0 fully saturated rings. The second kappa shape index (κ2) is 4.40. The number of hydrogen-bond donors (Lipinski definition) is 2. The molecular formula is C13H13N3O3. The van der Waals surface area contributed by atoms with E-state index >= 15 is 0 Å². The van der Waals surface area contributed by atoms with Crippen LogP contribution in [-0.2, 0) is 11.3 Å². The summed E-state index contributed by atoms with van der Waals surface area (Å²) in [5.74, 6) is 1.19. The molecule has 2 aromatic rings. The molecule has 1 aliphatic rings. The number of carbonyl (C=O) groups is 1. The Bertz CT molecular complexity index is 649. The third kappa shape index (κ3) is 1.96. The van der Waals surface area contributed by atoms with Crippen molar-refractivity contribution in [2.24, 2.45) is 5.73 Å². The van der Waals surface area contributed by atoms with Crippen LogP contribution in [0.15, 0.2) is 22.7 Å². The van der Waals surface area contributed by atoms with Gasteiger partial charge >= 0.3 is 0 Å². The monoisotopic (exact) mass is 259 g/mol. The van der Waals surface area contributed by atoms with Crippen LogP contribution < -0.4 is 15.8 Å². The van der Waals surface area contributed by atoms with Crippen LogP contribution in [0.25, 0.3) is 11.3 Å². The standard InChI is InChI=1S/C13H13N3O3/c1-7-9(5-14)13(16-19-7)8-2-3-11-10(4-8)15-12(17)6-18-11/h2-4H,5-6,14H2,1H3,(H,15,17). The molecule has 3 N–H and O–H groups in total. The minimum atomic E-state index is -0.167. The zero-order chi connectivity index (χ0) is 13.4. The first-order chi connectivity index (χ1) is 9.19. The minimum Gasteiger partial charge on any atom is -0.482 e. The largest absolute Gasteiger partial charge is 0.482 e. The lowest BCUT2D eigenvalue weighted by Gasteiger charge is -2.18. The summed E-state index contributed by atoms with van der Waals surface area (Å²) in [4.78, 5) is 11.3. The smallest absolute Gasteiger partial charge is 0.262 e. The van der Waals surface area contributed by atoms with Gasteiger partial charge in [-0.1, -0.05) is 5.16 Å². The van der Waals surface area contributed by atoms with Gasteiger partial charge in [-0.15, -0.1) is 0 Å². The fourth-order valence-corrected chi connectivity index (χ4v) is 2.09. The Balaban J connectivity index is 2.06. The van der Waals surface area contributed by atoms with E-state index in [1.807, 2.05) is 19.1 Å². The molecule has 0 aliphatic carbocycles. The number of rotatable bonds is 2. The minimum absolute atomic E-state index is 0.0451. The van der Waals surface area contributed by atoms with Crippen molar-refractivity contribution in [3.05, 3.63) is 29.5 Å². The molecule has 0 bridgehead atoms. The topological polar surface area (TPSA) is 90.4 Å². The second-order valence-electron chi connectivity index (χ2n) is 4.32. The molecule has 0 radical (unpaired) electrons. The fraction of sp³-hybridized carbons (Fsp3) is 0.231. The summed E-state index contributed by atoms with van der Waals surface area (Å²) >= 11 is 0. The van der Waals surface area contributed by atoms with Crippen LogP contribution in [0, 0.1) is 6.92 Å². The lowest BCUT2D eigenvalue weighted by molar-refractivity contribution is -0.118. The van der Waals surface area contributed by atoms with Crippen LogP contribution in [0.2, 0.25) is 0 Å². The van der Waals surface area contributed by atoms with E-state index in [0.29, 0.717) is 29.4 Å². The predicted molar refractivity (Wildman–Crippen MR) is 68.7 cm³/mol. The van der Waals surface area contributed by atoms with Crippen molar-refractivity contribution in [1.29, 1.82) is 0 Å². The number of benzene rings is 1. The van der Waals surface area contributed by atoms with Crippen molar-refractivity contribution in [2.75, 3.05) is 11.9 Å². The summed E-state index contributed by atoms with van der Waals surface area (Å²) in [5, 5.41) is 6.78. The number of nitrogens with two attached hydrogens (primary N) is 1. The highest BCUT2D eigenvalue weighted by Crippen LogP contribution is 2.33. The third-order valence-corrected chi connectivity index (χ3v) is 3.07. The maximum Gasteiger partial charge on any atom is 0.262 e. The molecule has 2 heterocycles. The van der Waals surface area contributed by atoms with E-state index in [-0.39, 0.29) is 12.5 Å². The van der Waals surface area contributed by atoms with E-state index in [2.05, 4.69) is 10.5 Å². The highest BCUT2D eigenvalue weighted by atomic mass is 16.5. The second-order valence-corrected chi connectivity index (χ2v) is 4.32. The fourth-order valence-electron chi connectivity index (χ4n) is 2.09. The van der Waals surface area contributed by atoms with Gasteiger partial charge in [-0.05, 0) is 25.1 Å². The molecular weight excluding hydrogens is 246 g/mol. The summed E-state index contributed by atoms with van der Waals surface area (Å²) in [5.41, 5.74) is 8.73. The summed E-state index contributed by atoms with van der Waals surface area (Å²) in [6.07, 6.45) is 0. The van der Waals surface area contributed by atoms with Crippen LogP contribution in [-0.4, -0.2) is 17.7 Å². The average Bonchev–Trinajstić information content (AvgIpc) is 2.79. The van der Waals surface area contributed by atoms with Gasteiger partial charge in [0.15, 0.2) is 6.61 Å². The molecule has 0 unspecified atom stereocenters. The molecule has 1 amide bonds. The molecule has 1 aromatic heterocycles. The van der Waals surface area contributed by atoms with E-state index in [1.165, 1.54) is 0 Å². The van der Waals surface area contributed by atoms with Gasteiger partial charge in [0, 0.05) is 17.7 Å². The van der Waals surface area contributed by atoms with E-state index in [9.17, 15) is 4.79 Å². The van der Waals surface area contributed by atoms with Gasteiger partial charge < -0.3 is 20.3 Å². The lowest BCUT2D eigenvalue weighted by atomic mass is 10.0. The number of nitrogens with one attached hydrogen (secondary N) is 1. The van der Waals surface area contributed by atoms with Crippen molar-refractivity contribution < 1.29 is 14.1 Å². The number of hydrogen-bond acceptors (Lipinski definition) is 5. The van der Waals surface area contributed by atoms with Gasteiger partial charge in [-0.25, -0.2) is 0 Å². The number of anilines is 1. The van der Waals surface area contributed by atoms with Gasteiger partial charge in [-0.3, -0.25) is 4.79 Å². The van der Waals surface area contributed by atoms with E-state index in [4.69, 9.17) is 15.0 Å². The first kappa shape index (κ1) is 11.7. The van der Waals surface area contributed by atoms with Gasteiger partial charge in [0.2, 0.25) is 0 Å². The van der Waals surface area contributed by atoms with E-state index in [0.717, 1.165) is 11.1 Å². The van der Waals surface area contributed by atoms with Crippen molar-refractivity contribution in [3.63, 3.8) is 0 Å². The Morgan fingerprint density at radius 1 is 1.47 bits per heavy atom. The Morgan fingerprint density at radius 2 is 2.32 bits per heavy atom. The Hall–Kier alpha value is -2.34. The molecule has 0 atom stereocenters. The normalized spacial score (nSPS) is 13.7. The van der Waals surface area contributed by atoms with Gasteiger partial charge in [0.25, 0.3) is 5.91 Å². The summed E-state index contributed by atoms with van der Waals surface area (Å²) < 4.78 is 10.5. The maximum absolute atomic E-state index is 11.3. The average molecular weight is 259 g/mol. The first-order valence-electron chi connectivity index (χ1n) is 5.91. The van der Waals surface area contributed by atoms with Crippen LogP contribution >= 0.6 is 0 Å². The number of fused-ring (bicyclic) bond motifs is 1. The Morgan fingerprint density at radius 3 is 3.11 bits per heavy atom. The number of ether oxygens (including phenoxy) is 1. The van der Waals surface area contributed by atoms with Crippen molar-refractivity contribution >= 4 is 11.6 Å². The van der Waals surface area contributed by atoms with Gasteiger partial charge in [0.05, 0.1) is 5.69 Å². The zero-order valence-corrected chi connectivity index (χ0v) is 10.4. The summed E-state index contributed by atoms with van der Waals surface area (Å²) in [7, 11) is 0. The number of amides is 1. The van der Waals surface area contributed by atoms with E-state index < -0.39 is 0 Å². The lowest BCUT2D eigenvalue weighted by Crippen LogP contribution is -2.25. The quantitative estimate of drug-likeness (QED) is 0.851. The number of aryl methyl sites for hydroxylation is 1. The van der Waals surface area contributed by atoms with Gasteiger partial charge in [0.1, 0.15) is 17.2 Å². The molecule has 1 aromatic carbocycles. The third-order valence-electron chi connectivity index (χ3n) is 3.07. The molecule has 6 nitrogen and oxygen atoms in total. The Labute approximate surface area is 109 Å². The molecule has 3 rings (SSSR count). The van der Waals surface area contributed by atoms with E-state index in [1.54, 1.807) is 6.07 Å². The predicted octanol–water partition coefficient (Wildman–Crippen LogP) is 1.44. The first-order valence-corrected chi connectivity index (χ1v) is 5.91. The molecule has 0 saturated heterocycles. The van der Waals surface area contributed by atoms with Crippen LogP contribution in [0.5, 0.6) is 5.75 Å². The number of nitrogens with zero attached hydrogens (tertiary/aromatic N) is 1. The summed E-state index contributed by atoms with van der Waals surface area (Å²) in [6.45, 7) is 2.22. The zero-order valence-electron chi connectivity index (χ0n) is 10.4. The summed E-state index contributed by atoms with van der Waals surface area (Å²) in [6, 6.07) is 5.48.